The van der Waals surface area contributed by atoms with Gasteiger partial charge in [0.1, 0.15) is 12.4 Å². The Bertz CT molecular complexity index is 1100. The summed E-state index contributed by atoms with van der Waals surface area (Å²) in [4.78, 5) is 24.8. The van der Waals surface area contributed by atoms with E-state index in [0.717, 1.165) is 5.56 Å². The molecule has 0 saturated carbocycles. The molecule has 2 aromatic carbocycles. The fourth-order valence-corrected chi connectivity index (χ4v) is 2.82. The first-order valence-corrected chi connectivity index (χ1v) is 9.16. The molecule has 0 aliphatic heterocycles. The number of aromatic nitrogens is 3. The third-order valence-corrected chi connectivity index (χ3v) is 4.80. The molecule has 0 spiro atoms. The molecule has 0 fully saturated rings. The Morgan fingerprint density at radius 2 is 1.79 bits per heavy atom. The minimum atomic E-state index is -0.534. The highest BCUT2D eigenvalue weighted by atomic mass is 35.5. The van der Waals surface area contributed by atoms with E-state index in [1.807, 2.05) is 6.92 Å². The van der Waals surface area contributed by atoms with Crippen molar-refractivity contribution in [2.45, 2.75) is 27.3 Å². The summed E-state index contributed by atoms with van der Waals surface area (Å²) in [5, 5.41) is 13.6. The molecule has 9 heteroatoms. The van der Waals surface area contributed by atoms with E-state index in [2.05, 4.69) is 20.9 Å². The van der Waals surface area contributed by atoms with E-state index in [0.29, 0.717) is 27.7 Å². The highest BCUT2D eigenvalue weighted by Crippen LogP contribution is 2.20. The lowest BCUT2D eigenvalue weighted by molar-refractivity contribution is -0.117. The molecular formula is C20H19ClFN5O2. The monoisotopic (exact) mass is 415 g/mol. The van der Waals surface area contributed by atoms with Gasteiger partial charge in [0.25, 0.3) is 5.91 Å². The van der Waals surface area contributed by atoms with Crippen LogP contribution in [0.5, 0.6) is 0 Å². The Hall–Kier alpha value is -3.26. The molecule has 1 aromatic heterocycles. The summed E-state index contributed by atoms with van der Waals surface area (Å²) in [6.07, 6.45) is 0. The van der Waals surface area contributed by atoms with E-state index in [4.69, 9.17) is 11.6 Å². The number of halogens is 2. The Labute approximate surface area is 171 Å². The zero-order valence-electron chi connectivity index (χ0n) is 16.1. The van der Waals surface area contributed by atoms with Crippen molar-refractivity contribution in [1.82, 2.24) is 15.0 Å². The Morgan fingerprint density at radius 1 is 1.07 bits per heavy atom. The van der Waals surface area contributed by atoms with Gasteiger partial charge in [-0.05, 0) is 56.2 Å². The molecule has 29 heavy (non-hydrogen) atoms. The van der Waals surface area contributed by atoms with Gasteiger partial charge in [-0.25, -0.2) is 9.07 Å². The second kappa shape index (κ2) is 8.40. The molecule has 1 heterocycles. The van der Waals surface area contributed by atoms with Gasteiger partial charge in [0.05, 0.1) is 5.69 Å². The maximum atomic E-state index is 13.4. The zero-order valence-corrected chi connectivity index (χ0v) is 16.8. The predicted molar refractivity (Wildman–Crippen MR) is 109 cm³/mol. The van der Waals surface area contributed by atoms with Crippen molar-refractivity contribution >= 4 is 34.8 Å². The van der Waals surface area contributed by atoms with Gasteiger partial charge in [0.15, 0.2) is 5.69 Å². The van der Waals surface area contributed by atoms with Crippen LogP contribution in [0, 0.1) is 26.6 Å². The van der Waals surface area contributed by atoms with Crippen molar-refractivity contribution in [3.63, 3.8) is 0 Å². The largest absolute Gasteiger partial charge is 0.324 e. The number of nitrogens with one attached hydrogen (secondary N) is 2. The normalized spacial score (nSPS) is 10.7. The van der Waals surface area contributed by atoms with Crippen LogP contribution >= 0.6 is 11.6 Å². The molecule has 3 rings (SSSR count). The van der Waals surface area contributed by atoms with Crippen molar-refractivity contribution in [3.8, 4) is 0 Å². The summed E-state index contributed by atoms with van der Waals surface area (Å²) in [6, 6.07) is 9.31. The smallest absolute Gasteiger partial charge is 0.278 e. The van der Waals surface area contributed by atoms with Gasteiger partial charge < -0.3 is 10.6 Å². The number of aryl methyl sites for hydroxylation is 2. The maximum absolute atomic E-state index is 13.4. The van der Waals surface area contributed by atoms with Gasteiger partial charge in [-0.2, -0.15) is 0 Å². The quantitative estimate of drug-likeness (QED) is 0.661. The van der Waals surface area contributed by atoms with Gasteiger partial charge >= 0.3 is 0 Å². The Kier molecular flexibility index (Phi) is 5.93. The second-order valence-electron chi connectivity index (χ2n) is 6.61. The number of hydrogen-bond acceptors (Lipinski definition) is 4. The average Bonchev–Trinajstić information content (AvgIpc) is 3.02. The van der Waals surface area contributed by atoms with Crippen molar-refractivity contribution in [2.24, 2.45) is 0 Å². The summed E-state index contributed by atoms with van der Waals surface area (Å²) >= 11 is 6.06. The Morgan fingerprint density at radius 3 is 2.52 bits per heavy atom. The fourth-order valence-electron chi connectivity index (χ4n) is 2.64. The van der Waals surface area contributed by atoms with Gasteiger partial charge in [0.2, 0.25) is 5.91 Å². The lowest BCUT2D eigenvalue weighted by Gasteiger charge is -2.09. The molecule has 3 aromatic rings. The van der Waals surface area contributed by atoms with Gasteiger partial charge in [-0.15, -0.1) is 5.10 Å². The molecule has 7 nitrogen and oxygen atoms in total. The molecule has 0 atom stereocenters. The lowest BCUT2D eigenvalue weighted by atomic mass is 10.2. The van der Waals surface area contributed by atoms with Gasteiger partial charge in [0, 0.05) is 16.4 Å². The lowest BCUT2D eigenvalue weighted by Crippen LogP contribution is -2.21. The number of anilines is 2. The van der Waals surface area contributed by atoms with E-state index in [9.17, 15) is 14.0 Å². The molecule has 0 radical (unpaired) electrons. The number of rotatable bonds is 5. The van der Waals surface area contributed by atoms with E-state index >= 15 is 0 Å². The first kappa shape index (κ1) is 20.5. The van der Waals surface area contributed by atoms with Gasteiger partial charge in [-0.3, -0.25) is 9.59 Å². The third-order valence-electron chi connectivity index (χ3n) is 4.39. The van der Waals surface area contributed by atoms with Gasteiger partial charge in [-0.1, -0.05) is 28.9 Å². The van der Waals surface area contributed by atoms with Crippen molar-refractivity contribution in [1.29, 1.82) is 0 Å². The molecule has 0 aliphatic rings. The van der Waals surface area contributed by atoms with Crippen LogP contribution in [0.25, 0.3) is 0 Å². The SMILES string of the molecule is Cc1ccc(NC(=O)Cn2nnc(C(=O)Nc3cc(F)ccc3C)c2C)cc1Cl. The average molecular weight is 416 g/mol. The number of carbonyl (C=O) groups is 2. The zero-order chi connectivity index (χ0) is 21.1. The predicted octanol–water partition coefficient (Wildman–Crippen LogP) is 3.89. The van der Waals surface area contributed by atoms with Crippen LogP contribution in [0.15, 0.2) is 36.4 Å². The molecule has 2 amide bonds. The number of carbonyl (C=O) groups excluding carboxylic acids is 2. The molecular weight excluding hydrogens is 397 g/mol. The van der Waals surface area contributed by atoms with E-state index in [1.165, 1.54) is 16.8 Å². The second-order valence-corrected chi connectivity index (χ2v) is 7.01. The first-order valence-electron chi connectivity index (χ1n) is 8.78. The van der Waals surface area contributed by atoms with Crippen LogP contribution in [0.2, 0.25) is 5.02 Å². The summed E-state index contributed by atoms with van der Waals surface area (Å²) in [7, 11) is 0. The maximum Gasteiger partial charge on any atom is 0.278 e. The highest BCUT2D eigenvalue weighted by Gasteiger charge is 2.19. The molecule has 0 bridgehead atoms. The molecule has 0 aliphatic carbocycles. The number of hydrogen-bond donors (Lipinski definition) is 2. The standard InChI is InChI=1S/C20H19ClFN5O2/c1-11-5-7-15(9-16(11)21)23-18(28)10-27-13(3)19(25-26-27)20(29)24-17-8-14(22)6-4-12(17)2/h4-9H,10H2,1-3H3,(H,23,28)(H,24,29). The van der Waals surface area contributed by atoms with Crippen molar-refractivity contribution < 1.29 is 14.0 Å². The summed E-state index contributed by atoms with van der Waals surface area (Å²) in [6.45, 7) is 5.12. The van der Waals surface area contributed by atoms with Crippen LogP contribution < -0.4 is 10.6 Å². The fraction of sp³-hybridized carbons (Fsp3) is 0.200. The molecule has 150 valence electrons. The van der Waals surface area contributed by atoms with Crippen LogP contribution in [0.3, 0.4) is 0 Å². The molecule has 0 saturated heterocycles. The van der Waals surface area contributed by atoms with Crippen LogP contribution in [-0.4, -0.2) is 26.8 Å². The van der Waals surface area contributed by atoms with Crippen LogP contribution in [-0.2, 0) is 11.3 Å². The number of nitrogens with zero attached hydrogens (tertiary/aromatic N) is 3. The van der Waals surface area contributed by atoms with Crippen molar-refractivity contribution in [3.05, 3.63) is 69.8 Å². The minimum absolute atomic E-state index is 0.0554. The van der Waals surface area contributed by atoms with E-state index in [-0.39, 0.29) is 18.1 Å². The van der Waals surface area contributed by atoms with E-state index in [1.54, 1.807) is 38.1 Å². The number of amides is 2. The molecule has 0 unspecified atom stereocenters. The number of benzene rings is 2. The Balaban J connectivity index is 1.69. The van der Waals surface area contributed by atoms with Crippen molar-refractivity contribution in [2.75, 3.05) is 10.6 Å². The summed E-state index contributed by atoms with van der Waals surface area (Å²) < 4.78 is 14.7. The molecule has 2 N–H and O–H groups in total. The van der Waals surface area contributed by atoms with Crippen LogP contribution in [0.1, 0.15) is 27.3 Å². The first-order chi connectivity index (χ1) is 13.7. The topological polar surface area (TPSA) is 88.9 Å². The summed E-state index contributed by atoms with van der Waals surface area (Å²) in [5.74, 6) is -1.34. The highest BCUT2D eigenvalue weighted by molar-refractivity contribution is 6.31. The minimum Gasteiger partial charge on any atom is -0.324 e. The van der Waals surface area contributed by atoms with E-state index < -0.39 is 11.7 Å². The third kappa shape index (κ3) is 4.78. The van der Waals surface area contributed by atoms with Crippen LogP contribution in [0.4, 0.5) is 15.8 Å². The summed E-state index contributed by atoms with van der Waals surface area (Å²) in [5.41, 5.74) is 2.98.